The lowest BCUT2D eigenvalue weighted by atomic mass is 10.1. The molecule has 1 atom stereocenters. The SMILES string of the molecule is Cc1cc(Br)ccc1N1CCC(C(=O)NC2CC2)C1=O. The fourth-order valence-electron chi connectivity index (χ4n) is 2.61. The molecule has 0 bridgehead atoms. The minimum atomic E-state index is -0.515. The Kier molecular flexibility index (Phi) is 3.54. The number of anilines is 1. The van der Waals surface area contributed by atoms with Crippen molar-refractivity contribution in [3.8, 4) is 0 Å². The molecule has 1 aliphatic carbocycles. The number of benzene rings is 1. The second-order valence-corrected chi connectivity index (χ2v) is 6.46. The lowest BCUT2D eigenvalue weighted by molar-refractivity contribution is -0.132. The van der Waals surface area contributed by atoms with E-state index in [1.807, 2.05) is 25.1 Å². The first kappa shape index (κ1) is 13.6. The third-order valence-corrected chi connectivity index (χ3v) is 4.39. The average molecular weight is 337 g/mol. The minimum absolute atomic E-state index is 0.0754. The monoisotopic (exact) mass is 336 g/mol. The molecule has 20 heavy (non-hydrogen) atoms. The molecular weight excluding hydrogens is 320 g/mol. The molecule has 3 rings (SSSR count). The van der Waals surface area contributed by atoms with Crippen LogP contribution in [-0.2, 0) is 9.59 Å². The number of hydrogen-bond donors (Lipinski definition) is 1. The van der Waals surface area contributed by atoms with Crippen molar-refractivity contribution in [2.24, 2.45) is 5.92 Å². The summed E-state index contributed by atoms with van der Waals surface area (Å²) in [7, 11) is 0. The van der Waals surface area contributed by atoms with E-state index < -0.39 is 5.92 Å². The summed E-state index contributed by atoms with van der Waals surface area (Å²) in [6, 6.07) is 6.14. The molecule has 0 aromatic heterocycles. The van der Waals surface area contributed by atoms with Crippen LogP contribution in [0, 0.1) is 12.8 Å². The van der Waals surface area contributed by atoms with Gasteiger partial charge in [-0.15, -0.1) is 0 Å². The van der Waals surface area contributed by atoms with Crippen molar-refractivity contribution < 1.29 is 9.59 Å². The van der Waals surface area contributed by atoms with Gasteiger partial charge in [-0.05, 0) is 49.9 Å². The maximum absolute atomic E-state index is 12.4. The van der Waals surface area contributed by atoms with Gasteiger partial charge in [0, 0.05) is 22.7 Å². The van der Waals surface area contributed by atoms with Gasteiger partial charge in [0.1, 0.15) is 5.92 Å². The first-order valence-electron chi connectivity index (χ1n) is 6.94. The molecule has 1 aliphatic heterocycles. The van der Waals surface area contributed by atoms with Crippen LogP contribution in [0.4, 0.5) is 5.69 Å². The van der Waals surface area contributed by atoms with Gasteiger partial charge in [-0.2, -0.15) is 0 Å². The minimum Gasteiger partial charge on any atom is -0.353 e. The van der Waals surface area contributed by atoms with Gasteiger partial charge in [0.05, 0.1) is 0 Å². The molecule has 0 radical (unpaired) electrons. The highest BCUT2D eigenvalue weighted by Crippen LogP contribution is 2.30. The highest BCUT2D eigenvalue weighted by atomic mass is 79.9. The number of carbonyl (C=O) groups is 2. The number of carbonyl (C=O) groups excluding carboxylic acids is 2. The normalized spacial score (nSPS) is 22.2. The van der Waals surface area contributed by atoms with Gasteiger partial charge < -0.3 is 10.2 Å². The molecule has 4 nitrogen and oxygen atoms in total. The van der Waals surface area contributed by atoms with Crippen molar-refractivity contribution in [1.82, 2.24) is 5.32 Å². The zero-order valence-corrected chi connectivity index (χ0v) is 12.9. The number of nitrogens with one attached hydrogen (secondary N) is 1. The molecule has 2 aliphatic rings. The molecule has 1 saturated carbocycles. The zero-order valence-electron chi connectivity index (χ0n) is 11.4. The van der Waals surface area contributed by atoms with Gasteiger partial charge in [-0.1, -0.05) is 15.9 Å². The van der Waals surface area contributed by atoms with Gasteiger partial charge >= 0.3 is 0 Å². The third-order valence-electron chi connectivity index (χ3n) is 3.90. The van der Waals surface area contributed by atoms with Crippen molar-refractivity contribution in [2.45, 2.75) is 32.2 Å². The zero-order chi connectivity index (χ0) is 14.3. The molecule has 1 aromatic carbocycles. The lowest BCUT2D eigenvalue weighted by Crippen LogP contribution is -2.37. The standard InChI is InChI=1S/C15H17BrN2O2/c1-9-8-10(16)2-5-13(9)18-7-6-12(15(18)20)14(19)17-11-3-4-11/h2,5,8,11-12H,3-4,6-7H2,1H3,(H,17,19). The second-order valence-electron chi connectivity index (χ2n) is 5.54. The van der Waals surface area contributed by atoms with Crippen molar-refractivity contribution in [3.05, 3.63) is 28.2 Å². The van der Waals surface area contributed by atoms with E-state index in [-0.39, 0.29) is 11.8 Å². The van der Waals surface area contributed by atoms with E-state index >= 15 is 0 Å². The number of halogens is 1. The highest BCUT2D eigenvalue weighted by molar-refractivity contribution is 9.10. The van der Waals surface area contributed by atoms with Crippen LogP contribution in [0.15, 0.2) is 22.7 Å². The molecule has 0 spiro atoms. The molecule has 1 unspecified atom stereocenters. The van der Waals surface area contributed by atoms with Crippen LogP contribution in [0.3, 0.4) is 0 Å². The number of hydrogen-bond acceptors (Lipinski definition) is 2. The van der Waals surface area contributed by atoms with Gasteiger partial charge in [0.25, 0.3) is 0 Å². The van der Waals surface area contributed by atoms with Gasteiger partial charge in [0.15, 0.2) is 0 Å². The van der Waals surface area contributed by atoms with Crippen LogP contribution in [-0.4, -0.2) is 24.4 Å². The summed E-state index contributed by atoms with van der Waals surface area (Å²) >= 11 is 3.42. The Labute approximate surface area is 126 Å². The smallest absolute Gasteiger partial charge is 0.239 e. The molecule has 5 heteroatoms. The van der Waals surface area contributed by atoms with Gasteiger partial charge in [-0.3, -0.25) is 9.59 Å². The van der Waals surface area contributed by atoms with Crippen LogP contribution in [0.5, 0.6) is 0 Å². The molecule has 1 aromatic rings. The van der Waals surface area contributed by atoms with E-state index in [9.17, 15) is 9.59 Å². The van der Waals surface area contributed by atoms with Crippen LogP contribution < -0.4 is 10.2 Å². The quantitative estimate of drug-likeness (QED) is 0.861. The molecular formula is C15H17BrN2O2. The predicted octanol–water partition coefficient (Wildman–Crippen LogP) is 2.39. The largest absolute Gasteiger partial charge is 0.353 e. The van der Waals surface area contributed by atoms with E-state index in [0.29, 0.717) is 19.0 Å². The molecule has 2 fully saturated rings. The third kappa shape index (κ3) is 2.59. The fourth-order valence-corrected chi connectivity index (χ4v) is 3.09. The maximum Gasteiger partial charge on any atom is 0.239 e. The Balaban J connectivity index is 1.75. The Morgan fingerprint density at radius 2 is 2.10 bits per heavy atom. The van der Waals surface area contributed by atoms with Crippen molar-refractivity contribution >= 4 is 33.4 Å². The first-order valence-corrected chi connectivity index (χ1v) is 7.73. The number of rotatable bonds is 3. The second kappa shape index (κ2) is 5.20. The molecule has 1 saturated heterocycles. The molecule has 2 amide bonds. The number of aryl methyl sites for hydroxylation is 1. The summed E-state index contributed by atoms with van der Waals surface area (Å²) in [5, 5.41) is 2.93. The predicted molar refractivity (Wildman–Crippen MR) is 80.5 cm³/mol. The van der Waals surface area contributed by atoms with Crippen LogP contribution in [0.2, 0.25) is 0 Å². The number of amides is 2. The Bertz CT molecular complexity index is 569. The summed E-state index contributed by atoms with van der Waals surface area (Å²) in [5.41, 5.74) is 1.94. The van der Waals surface area contributed by atoms with Crippen molar-refractivity contribution in [1.29, 1.82) is 0 Å². The Morgan fingerprint density at radius 1 is 1.35 bits per heavy atom. The maximum atomic E-state index is 12.4. The fraction of sp³-hybridized carbons (Fsp3) is 0.467. The van der Waals surface area contributed by atoms with Crippen molar-refractivity contribution in [3.63, 3.8) is 0 Å². The highest BCUT2D eigenvalue weighted by Gasteiger charge is 2.39. The molecule has 106 valence electrons. The average Bonchev–Trinajstić information content (AvgIpc) is 3.12. The van der Waals surface area contributed by atoms with E-state index in [1.165, 1.54) is 0 Å². The van der Waals surface area contributed by atoms with Crippen LogP contribution in [0.25, 0.3) is 0 Å². The summed E-state index contributed by atoms with van der Waals surface area (Å²) in [4.78, 5) is 26.2. The summed E-state index contributed by atoms with van der Waals surface area (Å²) in [6.45, 7) is 2.59. The Hall–Kier alpha value is -1.36. The summed E-state index contributed by atoms with van der Waals surface area (Å²) in [6.07, 6.45) is 2.69. The Morgan fingerprint density at radius 3 is 2.75 bits per heavy atom. The van der Waals surface area contributed by atoms with E-state index in [1.54, 1.807) is 4.90 Å². The molecule has 1 heterocycles. The van der Waals surface area contributed by atoms with Crippen LogP contribution in [0.1, 0.15) is 24.8 Å². The summed E-state index contributed by atoms with van der Waals surface area (Å²) in [5.74, 6) is -0.693. The van der Waals surface area contributed by atoms with Gasteiger partial charge in [-0.25, -0.2) is 0 Å². The first-order chi connectivity index (χ1) is 9.56. The molecule has 1 N–H and O–H groups in total. The van der Waals surface area contributed by atoms with E-state index in [4.69, 9.17) is 0 Å². The lowest BCUT2D eigenvalue weighted by Gasteiger charge is -2.19. The summed E-state index contributed by atoms with van der Waals surface area (Å²) < 4.78 is 0.994. The van der Waals surface area contributed by atoms with Gasteiger partial charge in [0.2, 0.25) is 11.8 Å². The van der Waals surface area contributed by atoms with E-state index in [2.05, 4.69) is 21.2 Å². The van der Waals surface area contributed by atoms with Crippen LogP contribution >= 0.6 is 15.9 Å². The number of nitrogens with zero attached hydrogens (tertiary/aromatic N) is 1. The topological polar surface area (TPSA) is 49.4 Å². The van der Waals surface area contributed by atoms with Crippen molar-refractivity contribution in [2.75, 3.05) is 11.4 Å². The van der Waals surface area contributed by atoms with E-state index in [0.717, 1.165) is 28.6 Å².